The molecule has 0 saturated heterocycles. The zero-order chi connectivity index (χ0) is 13.9. The van der Waals surface area contributed by atoms with Gasteiger partial charge in [-0.25, -0.2) is 10.5 Å². The van der Waals surface area contributed by atoms with E-state index in [9.17, 15) is 0 Å². The maximum Gasteiger partial charge on any atom is 0.257 e. The van der Waals surface area contributed by atoms with Gasteiger partial charge in [0, 0.05) is 18.4 Å². The fourth-order valence-corrected chi connectivity index (χ4v) is 2.51. The monoisotopic (exact) mass is 274 g/mol. The van der Waals surface area contributed by atoms with Gasteiger partial charge in [0.05, 0.1) is 0 Å². The smallest absolute Gasteiger partial charge is 0.257 e. The van der Waals surface area contributed by atoms with Gasteiger partial charge >= 0.3 is 0 Å². The van der Waals surface area contributed by atoms with Crippen molar-refractivity contribution >= 4 is 11.9 Å². The summed E-state index contributed by atoms with van der Waals surface area (Å²) in [4.78, 5) is 12.8. The van der Waals surface area contributed by atoms with Crippen molar-refractivity contribution in [3.63, 3.8) is 0 Å². The number of nitrogens with two attached hydrogens (primary N) is 1. The minimum atomic E-state index is 0.318. The third-order valence-electron chi connectivity index (χ3n) is 3.64. The molecule has 4 N–H and O–H groups in total. The van der Waals surface area contributed by atoms with Crippen LogP contribution in [0.5, 0.6) is 0 Å². The van der Waals surface area contributed by atoms with Gasteiger partial charge in [-0.05, 0) is 24.8 Å². The molecule has 3 rings (SSSR count). The maximum atomic E-state index is 5.42. The van der Waals surface area contributed by atoms with E-state index in [1.807, 2.05) is 6.07 Å². The largest absolute Gasteiger partial charge is 0.351 e. The van der Waals surface area contributed by atoms with Crippen LogP contribution in [-0.2, 0) is 0 Å². The highest BCUT2D eigenvalue weighted by Gasteiger charge is 2.24. The molecule has 0 radical (unpaired) electrons. The Morgan fingerprint density at radius 2 is 2.10 bits per heavy atom. The molecule has 2 heterocycles. The lowest BCUT2D eigenvalue weighted by atomic mass is 10.1. The van der Waals surface area contributed by atoms with E-state index < -0.39 is 0 Å². The van der Waals surface area contributed by atoms with Gasteiger partial charge in [0.15, 0.2) is 0 Å². The van der Waals surface area contributed by atoms with Gasteiger partial charge in [-0.15, -0.1) is 0 Å². The molecule has 2 atom stereocenters. The molecule has 8 heteroatoms. The number of nitrogen functional groups attached to an aromatic ring is 1. The van der Waals surface area contributed by atoms with Crippen molar-refractivity contribution < 1.29 is 0 Å². The van der Waals surface area contributed by atoms with Crippen molar-refractivity contribution in [2.75, 3.05) is 10.7 Å². The summed E-state index contributed by atoms with van der Waals surface area (Å²) in [5.74, 6) is 7.32. The van der Waals surface area contributed by atoms with Gasteiger partial charge in [-0.3, -0.25) is 5.43 Å². The van der Waals surface area contributed by atoms with Crippen LogP contribution in [0.3, 0.4) is 0 Å². The first-order chi connectivity index (χ1) is 9.76. The molecule has 0 aliphatic heterocycles. The second kappa shape index (κ2) is 5.41. The third-order valence-corrected chi connectivity index (χ3v) is 3.64. The van der Waals surface area contributed by atoms with Crippen LogP contribution in [0.1, 0.15) is 26.2 Å². The van der Waals surface area contributed by atoms with Gasteiger partial charge < -0.3 is 5.32 Å². The van der Waals surface area contributed by atoms with E-state index in [0.717, 1.165) is 6.42 Å². The van der Waals surface area contributed by atoms with Crippen molar-refractivity contribution in [3.05, 3.63) is 18.5 Å². The summed E-state index contributed by atoms with van der Waals surface area (Å²) in [6.45, 7) is 2.24. The number of nitrogens with one attached hydrogen (secondary N) is 2. The van der Waals surface area contributed by atoms with Crippen LogP contribution in [-0.4, -0.2) is 30.8 Å². The molecule has 1 aliphatic carbocycles. The molecule has 0 amide bonds. The van der Waals surface area contributed by atoms with E-state index in [1.54, 1.807) is 17.1 Å². The zero-order valence-corrected chi connectivity index (χ0v) is 11.3. The minimum Gasteiger partial charge on any atom is -0.351 e. The Labute approximate surface area is 116 Å². The second-order valence-electron chi connectivity index (χ2n) is 5.04. The van der Waals surface area contributed by atoms with Gasteiger partial charge in [-0.2, -0.15) is 20.1 Å². The Hall–Kier alpha value is -2.22. The molecule has 106 valence electrons. The number of hydrogen-bond acceptors (Lipinski definition) is 7. The molecule has 1 saturated carbocycles. The quantitative estimate of drug-likeness (QED) is 0.562. The van der Waals surface area contributed by atoms with Crippen molar-refractivity contribution in [2.45, 2.75) is 32.2 Å². The minimum absolute atomic E-state index is 0.318. The Morgan fingerprint density at radius 1 is 1.25 bits per heavy atom. The van der Waals surface area contributed by atoms with Crippen LogP contribution in [0.25, 0.3) is 5.95 Å². The topological polar surface area (TPSA) is 107 Å². The Bertz CT molecular complexity index is 567. The normalized spacial score (nSPS) is 21.9. The van der Waals surface area contributed by atoms with E-state index in [0.29, 0.717) is 29.8 Å². The maximum absolute atomic E-state index is 5.42. The van der Waals surface area contributed by atoms with Gasteiger partial charge in [0.2, 0.25) is 11.9 Å². The number of hydrazine groups is 1. The molecule has 1 aliphatic rings. The van der Waals surface area contributed by atoms with Crippen molar-refractivity contribution in [3.8, 4) is 5.95 Å². The molecule has 20 heavy (non-hydrogen) atoms. The van der Waals surface area contributed by atoms with Crippen LogP contribution in [0.2, 0.25) is 0 Å². The Balaban J connectivity index is 1.88. The number of aromatic nitrogens is 5. The van der Waals surface area contributed by atoms with Crippen LogP contribution in [0, 0.1) is 5.92 Å². The number of rotatable bonds is 4. The number of nitrogens with zero attached hydrogens (tertiary/aromatic N) is 5. The van der Waals surface area contributed by atoms with Crippen molar-refractivity contribution in [1.29, 1.82) is 0 Å². The fraction of sp³-hybridized carbons (Fsp3) is 0.500. The molecule has 2 aromatic heterocycles. The summed E-state index contributed by atoms with van der Waals surface area (Å²) in [5.41, 5.74) is 2.46. The first-order valence-corrected chi connectivity index (χ1v) is 6.75. The number of anilines is 2. The Morgan fingerprint density at radius 3 is 2.75 bits per heavy atom. The lowest BCUT2D eigenvalue weighted by Gasteiger charge is -2.17. The predicted molar refractivity (Wildman–Crippen MR) is 75.2 cm³/mol. The van der Waals surface area contributed by atoms with Gasteiger partial charge in [-0.1, -0.05) is 13.3 Å². The fourth-order valence-electron chi connectivity index (χ4n) is 2.51. The van der Waals surface area contributed by atoms with E-state index in [1.165, 1.54) is 12.8 Å². The summed E-state index contributed by atoms with van der Waals surface area (Å²) in [6, 6.07) is 2.21. The van der Waals surface area contributed by atoms with E-state index in [-0.39, 0.29) is 0 Å². The first-order valence-electron chi connectivity index (χ1n) is 6.75. The summed E-state index contributed by atoms with van der Waals surface area (Å²) in [6.07, 6.45) is 7.05. The highest BCUT2D eigenvalue weighted by atomic mass is 15.4. The molecule has 8 nitrogen and oxygen atoms in total. The summed E-state index contributed by atoms with van der Waals surface area (Å²) in [7, 11) is 0. The van der Waals surface area contributed by atoms with E-state index in [4.69, 9.17) is 5.84 Å². The van der Waals surface area contributed by atoms with Crippen LogP contribution in [0.15, 0.2) is 18.5 Å². The van der Waals surface area contributed by atoms with Crippen LogP contribution in [0.4, 0.5) is 11.9 Å². The summed E-state index contributed by atoms with van der Waals surface area (Å²) in [5, 5.41) is 7.49. The van der Waals surface area contributed by atoms with Crippen LogP contribution >= 0.6 is 0 Å². The molecule has 0 aromatic carbocycles. The van der Waals surface area contributed by atoms with E-state index >= 15 is 0 Å². The highest BCUT2D eigenvalue weighted by molar-refractivity contribution is 5.37. The highest BCUT2D eigenvalue weighted by Crippen LogP contribution is 2.27. The standard InChI is InChI=1S/C12H18N8/c1-8-4-2-5-9(8)15-10-16-11(19-13)18-12(17-10)20-7-3-6-14-20/h3,6-9H,2,4-5,13H2,1H3,(H2,15,16,17,18,19). The molecular formula is C12H18N8. The number of hydrogen-bond donors (Lipinski definition) is 3. The summed E-state index contributed by atoms with van der Waals surface area (Å²) < 4.78 is 1.58. The lowest BCUT2D eigenvalue weighted by molar-refractivity contribution is 0.552. The van der Waals surface area contributed by atoms with Crippen LogP contribution < -0.4 is 16.6 Å². The third kappa shape index (κ3) is 2.55. The van der Waals surface area contributed by atoms with Gasteiger partial charge in [0.25, 0.3) is 5.95 Å². The summed E-state index contributed by atoms with van der Waals surface area (Å²) >= 11 is 0. The van der Waals surface area contributed by atoms with Gasteiger partial charge in [0.1, 0.15) is 0 Å². The zero-order valence-electron chi connectivity index (χ0n) is 11.3. The average molecular weight is 274 g/mol. The molecule has 2 unspecified atom stereocenters. The SMILES string of the molecule is CC1CCCC1Nc1nc(NN)nc(-n2cccn2)n1. The Kier molecular flexibility index (Phi) is 3.46. The molecule has 1 fully saturated rings. The second-order valence-corrected chi connectivity index (χ2v) is 5.04. The average Bonchev–Trinajstić information content (AvgIpc) is 3.11. The van der Waals surface area contributed by atoms with Crippen molar-refractivity contribution in [1.82, 2.24) is 24.7 Å². The molecular weight excluding hydrogens is 256 g/mol. The van der Waals surface area contributed by atoms with E-state index in [2.05, 4.69) is 37.7 Å². The van der Waals surface area contributed by atoms with Crippen molar-refractivity contribution in [2.24, 2.45) is 11.8 Å². The molecule has 2 aromatic rings. The molecule has 0 spiro atoms. The molecule has 0 bridgehead atoms. The predicted octanol–water partition coefficient (Wildman–Crippen LogP) is 0.943. The first kappa shape index (κ1) is 12.8. The lowest BCUT2D eigenvalue weighted by Crippen LogP contribution is -2.24.